The molecule has 0 bridgehead atoms. The van der Waals surface area contributed by atoms with Crippen molar-refractivity contribution < 1.29 is 8.42 Å². The minimum Gasteiger partial charge on any atom is -0.326 e. The summed E-state index contributed by atoms with van der Waals surface area (Å²) in [4.78, 5) is 0.336. The average Bonchev–Trinajstić information content (AvgIpc) is 3.21. The fourth-order valence-electron chi connectivity index (χ4n) is 2.17. The summed E-state index contributed by atoms with van der Waals surface area (Å²) in [7, 11) is -1.77. The molecule has 1 aliphatic rings. The quantitative estimate of drug-likeness (QED) is 0.881. The van der Waals surface area contributed by atoms with Gasteiger partial charge in [0.2, 0.25) is 10.0 Å². The molecule has 0 amide bonds. The summed E-state index contributed by atoms with van der Waals surface area (Å²) in [5, 5.41) is 0. The normalized spacial score (nSPS) is 18.0. The first-order chi connectivity index (χ1) is 8.48. The molecule has 0 heterocycles. The van der Waals surface area contributed by atoms with Gasteiger partial charge in [0.15, 0.2) is 0 Å². The van der Waals surface area contributed by atoms with E-state index in [4.69, 9.17) is 5.73 Å². The standard InChI is InChI=1S/C13H20N2O2S/c1-10(11-7-8-11)15(2)18(16,17)13-6-4-3-5-12(13)9-14/h3-6,10-11H,7-9,14H2,1-2H3. The highest BCUT2D eigenvalue weighted by Gasteiger charge is 2.36. The van der Waals surface area contributed by atoms with Crippen LogP contribution in [-0.2, 0) is 16.6 Å². The minimum absolute atomic E-state index is 0.0563. The average molecular weight is 268 g/mol. The minimum atomic E-state index is -3.43. The van der Waals surface area contributed by atoms with Crippen LogP contribution in [0, 0.1) is 5.92 Å². The van der Waals surface area contributed by atoms with Crippen LogP contribution < -0.4 is 5.73 Å². The fourth-order valence-corrected chi connectivity index (χ4v) is 3.83. The molecule has 1 unspecified atom stereocenters. The van der Waals surface area contributed by atoms with Crippen molar-refractivity contribution in [1.82, 2.24) is 4.31 Å². The Morgan fingerprint density at radius 3 is 2.56 bits per heavy atom. The van der Waals surface area contributed by atoms with Crippen molar-refractivity contribution in [3.8, 4) is 0 Å². The van der Waals surface area contributed by atoms with E-state index < -0.39 is 10.0 Å². The second-order valence-electron chi connectivity index (χ2n) is 4.91. The first-order valence-corrected chi connectivity index (χ1v) is 7.68. The molecule has 1 fully saturated rings. The Kier molecular flexibility index (Phi) is 3.75. The highest BCUT2D eigenvalue weighted by molar-refractivity contribution is 7.89. The van der Waals surface area contributed by atoms with Gasteiger partial charge >= 0.3 is 0 Å². The van der Waals surface area contributed by atoms with Crippen LogP contribution in [-0.4, -0.2) is 25.8 Å². The van der Waals surface area contributed by atoms with Gasteiger partial charge in [-0.2, -0.15) is 4.31 Å². The summed E-state index contributed by atoms with van der Waals surface area (Å²) in [6.45, 7) is 2.21. The third-order valence-electron chi connectivity index (χ3n) is 3.73. The lowest BCUT2D eigenvalue weighted by Gasteiger charge is -2.25. The number of nitrogens with zero attached hydrogens (tertiary/aromatic N) is 1. The Bertz CT molecular complexity index is 524. The van der Waals surface area contributed by atoms with Crippen molar-refractivity contribution in [2.45, 2.75) is 37.2 Å². The van der Waals surface area contributed by atoms with Crippen LogP contribution in [0.1, 0.15) is 25.3 Å². The van der Waals surface area contributed by atoms with Crippen molar-refractivity contribution in [3.63, 3.8) is 0 Å². The molecule has 0 radical (unpaired) electrons. The third kappa shape index (κ3) is 2.43. The summed E-state index contributed by atoms with van der Waals surface area (Å²) in [5.74, 6) is 0.509. The molecular weight excluding hydrogens is 248 g/mol. The zero-order valence-electron chi connectivity index (χ0n) is 10.8. The SMILES string of the molecule is CC(C1CC1)N(C)S(=O)(=O)c1ccccc1CN. The van der Waals surface area contributed by atoms with E-state index in [2.05, 4.69) is 0 Å². The van der Waals surface area contributed by atoms with E-state index in [1.165, 1.54) is 4.31 Å². The molecule has 1 aromatic carbocycles. The maximum Gasteiger partial charge on any atom is 0.243 e. The molecule has 2 rings (SSSR count). The van der Waals surface area contributed by atoms with Crippen molar-refractivity contribution in [2.24, 2.45) is 11.7 Å². The molecule has 5 heteroatoms. The van der Waals surface area contributed by atoms with Crippen LogP contribution >= 0.6 is 0 Å². The van der Waals surface area contributed by atoms with Crippen molar-refractivity contribution in [2.75, 3.05) is 7.05 Å². The van der Waals surface area contributed by atoms with Gasteiger partial charge in [-0.15, -0.1) is 0 Å². The molecule has 0 saturated heterocycles. The van der Waals surface area contributed by atoms with Gasteiger partial charge in [0.25, 0.3) is 0 Å². The fraction of sp³-hybridized carbons (Fsp3) is 0.538. The lowest BCUT2D eigenvalue weighted by Crippen LogP contribution is -2.37. The zero-order valence-corrected chi connectivity index (χ0v) is 11.7. The first-order valence-electron chi connectivity index (χ1n) is 6.24. The van der Waals surface area contributed by atoms with Gasteiger partial charge in [0.1, 0.15) is 0 Å². The van der Waals surface area contributed by atoms with E-state index in [9.17, 15) is 8.42 Å². The third-order valence-corrected chi connectivity index (χ3v) is 5.77. The van der Waals surface area contributed by atoms with Crippen LogP contribution in [0.4, 0.5) is 0 Å². The Hall–Kier alpha value is -0.910. The van der Waals surface area contributed by atoms with Gasteiger partial charge in [-0.25, -0.2) is 8.42 Å². The summed E-state index contributed by atoms with van der Waals surface area (Å²) >= 11 is 0. The Balaban J connectivity index is 2.34. The van der Waals surface area contributed by atoms with Gasteiger partial charge in [0, 0.05) is 19.6 Å². The maximum atomic E-state index is 12.6. The topological polar surface area (TPSA) is 63.4 Å². The van der Waals surface area contributed by atoms with E-state index in [-0.39, 0.29) is 12.6 Å². The van der Waals surface area contributed by atoms with Crippen molar-refractivity contribution >= 4 is 10.0 Å². The van der Waals surface area contributed by atoms with Crippen LogP contribution in [0.15, 0.2) is 29.2 Å². The van der Waals surface area contributed by atoms with Crippen LogP contribution in [0.3, 0.4) is 0 Å². The molecule has 1 saturated carbocycles. The summed E-state index contributed by atoms with van der Waals surface area (Å²) in [6.07, 6.45) is 2.25. The van der Waals surface area contributed by atoms with Gasteiger partial charge in [0.05, 0.1) is 4.90 Å². The number of hydrogen-bond donors (Lipinski definition) is 1. The Labute approximate surface area is 109 Å². The van der Waals surface area contributed by atoms with E-state index in [1.54, 1.807) is 25.2 Å². The molecular formula is C13H20N2O2S. The molecule has 0 aliphatic heterocycles. The second-order valence-corrected chi connectivity index (χ2v) is 6.88. The summed E-state index contributed by atoms with van der Waals surface area (Å²) in [5.41, 5.74) is 6.29. The summed E-state index contributed by atoms with van der Waals surface area (Å²) in [6, 6.07) is 7.00. The Morgan fingerprint density at radius 1 is 1.39 bits per heavy atom. The molecule has 100 valence electrons. The van der Waals surface area contributed by atoms with E-state index in [0.717, 1.165) is 12.8 Å². The number of rotatable bonds is 5. The van der Waals surface area contributed by atoms with Crippen LogP contribution in [0.25, 0.3) is 0 Å². The van der Waals surface area contributed by atoms with Crippen molar-refractivity contribution in [3.05, 3.63) is 29.8 Å². The monoisotopic (exact) mass is 268 g/mol. The number of benzene rings is 1. The molecule has 18 heavy (non-hydrogen) atoms. The molecule has 1 atom stereocenters. The van der Waals surface area contributed by atoms with Gasteiger partial charge in [-0.1, -0.05) is 18.2 Å². The highest BCUT2D eigenvalue weighted by atomic mass is 32.2. The van der Waals surface area contributed by atoms with Gasteiger partial charge < -0.3 is 5.73 Å². The largest absolute Gasteiger partial charge is 0.326 e. The highest BCUT2D eigenvalue weighted by Crippen LogP contribution is 2.36. The van der Waals surface area contributed by atoms with Crippen LogP contribution in [0.5, 0.6) is 0 Å². The lowest BCUT2D eigenvalue weighted by atomic mass is 10.2. The molecule has 4 nitrogen and oxygen atoms in total. The first kappa shape index (κ1) is 13.5. The Morgan fingerprint density at radius 2 is 2.00 bits per heavy atom. The van der Waals surface area contributed by atoms with Gasteiger partial charge in [-0.3, -0.25) is 0 Å². The lowest BCUT2D eigenvalue weighted by molar-refractivity contribution is 0.356. The summed E-state index contributed by atoms with van der Waals surface area (Å²) < 4.78 is 26.6. The molecule has 1 aliphatic carbocycles. The predicted molar refractivity (Wildman–Crippen MR) is 71.5 cm³/mol. The number of hydrogen-bond acceptors (Lipinski definition) is 3. The maximum absolute atomic E-state index is 12.6. The second kappa shape index (κ2) is 4.99. The van der Waals surface area contributed by atoms with E-state index in [0.29, 0.717) is 16.4 Å². The van der Waals surface area contributed by atoms with Crippen molar-refractivity contribution in [1.29, 1.82) is 0 Å². The molecule has 1 aromatic rings. The van der Waals surface area contributed by atoms with Crippen LogP contribution in [0.2, 0.25) is 0 Å². The van der Waals surface area contributed by atoms with E-state index in [1.807, 2.05) is 13.0 Å². The number of nitrogens with two attached hydrogens (primary N) is 1. The molecule has 0 spiro atoms. The number of sulfonamides is 1. The van der Waals surface area contributed by atoms with Gasteiger partial charge in [-0.05, 0) is 37.3 Å². The molecule has 0 aromatic heterocycles. The smallest absolute Gasteiger partial charge is 0.243 e. The zero-order chi connectivity index (χ0) is 13.3. The van der Waals surface area contributed by atoms with E-state index >= 15 is 0 Å². The molecule has 2 N–H and O–H groups in total. The predicted octanol–water partition coefficient (Wildman–Crippen LogP) is 1.56.